The average molecular weight is 269 g/mol. The topological polar surface area (TPSA) is 49.3 Å². The lowest BCUT2D eigenvalue weighted by molar-refractivity contribution is -0.139. The highest BCUT2D eigenvalue weighted by molar-refractivity contribution is 5.89. The Morgan fingerprint density at radius 1 is 1.26 bits per heavy atom. The van der Waals surface area contributed by atoms with E-state index in [1.54, 1.807) is 0 Å². The molecule has 6 heteroatoms. The second kappa shape index (κ2) is 4.79. The van der Waals surface area contributed by atoms with Crippen LogP contribution in [0, 0.1) is 0 Å². The molecule has 1 heterocycles. The van der Waals surface area contributed by atoms with E-state index in [0.29, 0.717) is 0 Å². The molecule has 1 atom stereocenters. The summed E-state index contributed by atoms with van der Waals surface area (Å²) in [5, 5.41) is 11.6. The van der Waals surface area contributed by atoms with Crippen LogP contribution in [0.4, 0.5) is 13.2 Å². The Balaban J connectivity index is 2.52. The molecule has 2 rings (SSSR count). The maximum atomic E-state index is 12.9. The van der Waals surface area contributed by atoms with Gasteiger partial charge in [-0.05, 0) is 17.8 Å². The molecular weight excluding hydrogens is 259 g/mol. The van der Waals surface area contributed by atoms with Gasteiger partial charge in [-0.2, -0.15) is 13.2 Å². The minimum absolute atomic E-state index is 0.0681. The van der Waals surface area contributed by atoms with Gasteiger partial charge in [0.05, 0.1) is 11.1 Å². The van der Waals surface area contributed by atoms with Crippen molar-refractivity contribution in [1.82, 2.24) is 5.32 Å². The fourth-order valence-corrected chi connectivity index (χ4v) is 1.98. The third-order valence-electron chi connectivity index (χ3n) is 2.81. The second-order valence-corrected chi connectivity index (χ2v) is 3.99. The Labute approximate surface area is 107 Å². The molecule has 1 aliphatic heterocycles. The molecule has 19 heavy (non-hydrogen) atoms. The first-order valence-electron chi connectivity index (χ1n) is 5.43. The van der Waals surface area contributed by atoms with Gasteiger partial charge in [0.1, 0.15) is 0 Å². The van der Waals surface area contributed by atoms with E-state index in [1.807, 2.05) is 0 Å². The van der Waals surface area contributed by atoms with Crippen LogP contribution in [-0.4, -0.2) is 11.1 Å². The van der Waals surface area contributed by atoms with Crippen molar-refractivity contribution in [2.45, 2.75) is 12.1 Å². The first kappa shape index (κ1) is 13.2. The molecule has 0 saturated heterocycles. The first-order chi connectivity index (χ1) is 8.91. The number of carbonyl (C=O) groups is 1. The van der Waals surface area contributed by atoms with Crippen molar-refractivity contribution in [2.75, 3.05) is 0 Å². The molecule has 100 valence electrons. The van der Waals surface area contributed by atoms with E-state index in [9.17, 15) is 18.0 Å². The number of benzene rings is 1. The van der Waals surface area contributed by atoms with Crippen molar-refractivity contribution in [2.24, 2.45) is 0 Å². The highest BCUT2D eigenvalue weighted by atomic mass is 19.4. The van der Waals surface area contributed by atoms with E-state index >= 15 is 0 Å². The number of hydrogen-bond donors (Lipinski definition) is 2. The molecule has 0 aliphatic carbocycles. The number of aliphatic carboxylic acids is 1. The van der Waals surface area contributed by atoms with Gasteiger partial charge in [-0.25, -0.2) is 4.79 Å². The van der Waals surface area contributed by atoms with Crippen molar-refractivity contribution >= 4 is 5.97 Å². The Kier molecular flexibility index (Phi) is 3.33. The van der Waals surface area contributed by atoms with Crippen LogP contribution < -0.4 is 5.32 Å². The number of allylic oxidation sites excluding steroid dienone is 1. The van der Waals surface area contributed by atoms with E-state index in [0.717, 1.165) is 6.07 Å². The van der Waals surface area contributed by atoms with E-state index in [-0.39, 0.29) is 11.1 Å². The fraction of sp³-hybridized carbons (Fsp3) is 0.154. The van der Waals surface area contributed by atoms with Crippen LogP contribution in [-0.2, 0) is 11.0 Å². The quantitative estimate of drug-likeness (QED) is 0.868. The monoisotopic (exact) mass is 269 g/mol. The van der Waals surface area contributed by atoms with Crippen LogP contribution in [0.1, 0.15) is 17.0 Å². The normalized spacial score (nSPS) is 18.7. The standard InChI is InChI=1S/C13H10F3NO2/c14-13(15,16)11-4-2-1-3-9(11)8-5-6-17-7-10(8)12(18)19/h1-8,17H,(H,18,19). The van der Waals surface area contributed by atoms with Crippen molar-refractivity contribution in [3.8, 4) is 0 Å². The maximum Gasteiger partial charge on any atom is 0.416 e. The molecule has 0 amide bonds. The van der Waals surface area contributed by atoms with Gasteiger partial charge in [-0.3, -0.25) is 0 Å². The lowest BCUT2D eigenvalue weighted by Gasteiger charge is -2.21. The lowest BCUT2D eigenvalue weighted by Crippen LogP contribution is -2.19. The number of rotatable bonds is 2. The lowest BCUT2D eigenvalue weighted by atomic mass is 9.87. The largest absolute Gasteiger partial charge is 0.478 e. The van der Waals surface area contributed by atoms with E-state index in [2.05, 4.69) is 5.32 Å². The number of nitrogens with one attached hydrogen (secondary N) is 1. The van der Waals surface area contributed by atoms with Gasteiger partial charge in [0.2, 0.25) is 0 Å². The number of carboxylic acids is 1. The predicted molar refractivity (Wildman–Crippen MR) is 62.2 cm³/mol. The zero-order valence-electron chi connectivity index (χ0n) is 9.61. The predicted octanol–water partition coefficient (Wildman–Crippen LogP) is 2.87. The molecule has 1 aromatic carbocycles. The molecule has 0 aromatic heterocycles. The van der Waals surface area contributed by atoms with Gasteiger partial charge in [-0.15, -0.1) is 0 Å². The van der Waals surface area contributed by atoms with E-state index in [1.165, 1.54) is 36.7 Å². The number of dihydropyridines is 1. The van der Waals surface area contributed by atoms with Gasteiger partial charge in [-0.1, -0.05) is 24.3 Å². The van der Waals surface area contributed by atoms with Crippen molar-refractivity contribution in [1.29, 1.82) is 0 Å². The fourth-order valence-electron chi connectivity index (χ4n) is 1.98. The van der Waals surface area contributed by atoms with Crippen molar-refractivity contribution in [3.63, 3.8) is 0 Å². The highest BCUT2D eigenvalue weighted by Crippen LogP contribution is 2.38. The zero-order chi connectivity index (χ0) is 14.0. The molecule has 1 aliphatic rings. The smallest absolute Gasteiger partial charge is 0.416 e. The molecule has 0 spiro atoms. The second-order valence-electron chi connectivity index (χ2n) is 3.99. The number of halogens is 3. The summed E-state index contributed by atoms with van der Waals surface area (Å²) in [4.78, 5) is 11.1. The summed E-state index contributed by atoms with van der Waals surface area (Å²) in [5.74, 6) is -2.17. The molecule has 0 saturated carbocycles. The Hall–Kier alpha value is -2.24. The molecule has 0 fully saturated rings. The molecule has 2 N–H and O–H groups in total. The summed E-state index contributed by atoms with van der Waals surface area (Å²) in [6.45, 7) is 0. The highest BCUT2D eigenvalue weighted by Gasteiger charge is 2.36. The van der Waals surface area contributed by atoms with Crippen LogP contribution >= 0.6 is 0 Å². The van der Waals surface area contributed by atoms with Gasteiger partial charge < -0.3 is 10.4 Å². The summed E-state index contributed by atoms with van der Waals surface area (Å²) in [5.41, 5.74) is -1.01. The third kappa shape index (κ3) is 2.62. The first-order valence-corrected chi connectivity index (χ1v) is 5.43. The third-order valence-corrected chi connectivity index (χ3v) is 2.81. The summed E-state index contributed by atoms with van der Waals surface area (Å²) >= 11 is 0. The maximum absolute atomic E-state index is 12.9. The Morgan fingerprint density at radius 2 is 1.95 bits per heavy atom. The Bertz CT molecular complexity index is 561. The molecule has 3 nitrogen and oxygen atoms in total. The summed E-state index contributed by atoms with van der Waals surface area (Å²) < 4.78 is 38.8. The molecular formula is C13H10F3NO2. The summed E-state index contributed by atoms with van der Waals surface area (Å²) in [6, 6.07) is 4.98. The zero-order valence-corrected chi connectivity index (χ0v) is 9.61. The van der Waals surface area contributed by atoms with Crippen LogP contribution in [0.25, 0.3) is 0 Å². The number of hydrogen-bond acceptors (Lipinski definition) is 2. The summed E-state index contributed by atoms with van der Waals surface area (Å²) in [7, 11) is 0. The molecule has 0 bridgehead atoms. The van der Waals surface area contributed by atoms with Crippen molar-refractivity contribution < 1.29 is 23.1 Å². The minimum Gasteiger partial charge on any atom is -0.478 e. The van der Waals surface area contributed by atoms with Gasteiger partial charge >= 0.3 is 12.1 Å². The Morgan fingerprint density at radius 3 is 2.58 bits per heavy atom. The van der Waals surface area contributed by atoms with Crippen LogP contribution in [0.2, 0.25) is 0 Å². The average Bonchev–Trinajstić information content (AvgIpc) is 2.37. The van der Waals surface area contributed by atoms with Crippen LogP contribution in [0.5, 0.6) is 0 Å². The summed E-state index contributed by atoms with van der Waals surface area (Å²) in [6.07, 6.45) is -0.503. The van der Waals surface area contributed by atoms with Crippen molar-refractivity contribution in [3.05, 3.63) is 59.4 Å². The van der Waals surface area contributed by atoms with Crippen LogP contribution in [0.3, 0.4) is 0 Å². The minimum atomic E-state index is -4.51. The van der Waals surface area contributed by atoms with E-state index in [4.69, 9.17) is 5.11 Å². The molecule has 1 unspecified atom stereocenters. The SMILES string of the molecule is O=C(O)C1=CNC=CC1c1ccccc1C(F)(F)F. The van der Waals surface area contributed by atoms with Crippen LogP contribution in [0.15, 0.2) is 48.3 Å². The van der Waals surface area contributed by atoms with Gasteiger partial charge in [0.15, 0.2) is 0 Å². The number of alkyl halides is 3. The number of carboxylic acid groups (broad SMARTS) is 1. The van der Waals surface area contributed by atoms with E-state index < -0.39 is 23.6 Å². The molecule has 0 radical (unpaired) electrons. The molecule has 1 aromatic rings. The van der Waals surface area contributed by atoms with Gasteiger partial charge in [0, 0.05) is 12.1 Å². The van der Waals surface area contributed by atoms with Gasteiger partial charge in [0.25, 0.3) is 0 Å².